The summed E-state index contributed by atoms with van der Waals surface area (Å²) in [7, 11) is 0. The van der Waals surface area contributed by atoms with Crippen molar-refractivity contribution in [2.24, 2.45) is 0 Å². The molecule has 4 aromatic rings. The molecule has 2 aromatic heterocycles. The summed E-state index contributed by atoms with van der Waals surface area (Å²) >= 11 is 6.35. The number of nitrogens with one attached hydrogen (secondary N) is 2. The van der Waals surface area contributed by atoms with Crippen LogP contribution in [-0.2, 0) is 0 Å². The van der Waals surface area contributed by atoms with E-state index in [0.717, 1.165) is 17.1 Å². The highest BCUT2D eigenvalue weighted by Gasteiger charge is 2.08. The Kier molecular flexibility index (Phi) is 3.91. The lowest BCUT2D eigenvalue weighted by molar-refractivity contribution is 1.13. The van der Waals surface area contributed by atoms with Gasteiger partial charge in [-0.15, -0.1) is 0 Å². The van der Waals surface area contributed by atoms with Crippen molar-refractivity contribution in [2.45, 2.75) is 0 Å². The van der Waals surface area contributed by atoms with Crippen LogP contribution in [0.1, 0.15) is 11.5 Å². The molecule has 0 bridgehead atoms. The van der Waals surface area contributed by atoms with Gasteiger partial charge < -0.3 is 9.97 Å². The molecule has 2 aromatic carbocycles. The van der Waals surface area contributed by atoms with Crippen LogP contribution in [0.25, 0.3) is 33.4 Å². The van der Waals surface area contributed by atoms with Crippen molar-refractivity contribution >= 4 is 33.6 Å². The van der Waals surface area contributed by atoms with Crippen LogP contribution in [0.5, 0.6) is 0 Å². The van der Waals surface area contributed by atoms with E-state index in [1.807, 2.05) is 36.4 Å². The molecule has 0 radical (unpaired) electrons. The van der Waals surface area contributed by atoms with Crippen LogP contribution >= 0.6 is 11.6 Å². The van der Waals surface area contributed by atoms with E-state index in [0.29, 0.717) is 21.8 Å². The minimum Gasteiger partial charge on any atom is -0.338 e. The van der Waals surface area contributed by atoms with Crippen molar-refractivity contribution in [1.82, 2.24) is 19.9 Å². The third kappa shape index (κ3) is 3.09. The normalized spacial score (nSPS) is 11.8. The van der Waals surface area contributed by atoms with Crippen molar-refractivity contribution in [3.8, 4) is 11.4 Å². The van der Waals surface area contributed by atoms with Gasteiger partial charge in [-0.3, -0.25) is 4.79 Å². The second-order valence-electron chi connectivity index (χ2n) is 5.48. The van der Waals surface area contributed by atoms with Gasteiger partial charge in [0.05, 0.1) is 27.8 Å². The number of H-pyrrole nitrogens is 2. The number of halogens is 1. The predicted octanol–water partition coefficient (Wildman–Crippen LogP) is 4.05. The number of aromatic amines is 2. The van der Waals surface area contributed by atoms with Gasteiger partial charge in [0, 0.05) is 5.56 Å². The van der Waals surface area contributed by atoms with Crippen LogP contribution in [0.15, 0.2) is 65.6 Å². The van der Waals surface area contributed by atoms with Crippen molar-refractivity contribution in [3.63, 3.8) is 0 Å². The molecule has 5 nitrogen and oxygen atoms in total. The Morgan fingerprint density at radius 2 is 1.76 bits per heavy atom. The molecule has 6 heteroatoms. The van der Waals surface area contributed by atoms with Crippen molar-refractivity contribution in [3.05, 3.63) is 82.7 Å². The Hall–Kier alpha value is -3.18. The maximum Gasteiger partial charge on any atom is 0.259 e. The van der Waals surface area contributed by atoms with Gasteiger partial charge in [0.25, 0.3) is 5.56 Å². The summed E-state index contributed by atoms with van der Waals surface area (Å²) in [4.78, 5) is 26.8. The molecule has 0 saturated carbocycles. The fourth-order valence-corrected chi connectivity index (χ4v) is 2.76. The number of benzene rings is 2. The number of nitrogens with zero attached hydrogens (tertiary/aromatic N) is 2. The molecule has 0 saturated heterocycles. The molecule has 2 N–H and O–H groups in total. The molecule has 4 rings (SSSR count). The minimum atomic E-state index is -0.221. The van der Waals surface area contributed by atoms with Crippen LogP contribution in [0.3, 0.4) is 0 Å². The molecule has 0 aliphatic carbocycles. The quantitative estimate of drug-likeness (QED) is 0.586. The zero-order chi connectivity index (χ0) is 17.2. The lowest BCUT2D eigenvalue weighted by atomic mass is 10.2. The molecule has 0 fully saturated rings. The molecule has 2 heterocycles. The number of aromatic nitrogens is 4. The van der Waals surface area contributed by atoms with E-state index < -0.39 is 0 Å². The van der Waals surface area contributed by atoms with Gasteiger partial charge in [0.1, 0.15) is 5.82 Å². The van der Waals surface area contributed by atoms with E-state index in [1.165, 1.54) is 0 Å². The molecule has 0 amide bonds. The largest absolute Gasteiger partial charge is 0.338 e. The van der Waals surface area contributed by atoms with Crippen molar-refractivity contribution in [2.75, 3.05) is 0 Å². The highest BCUT2D eigenvalue weighted by atomic mass is 35.5. The van der Waals surface area contributed by atoms with Gasteiger partial charge in [-0.25, -0.2) is 9.97 Å². The maximum absolute atomic E-state index is 12.1. The van der Waals surface area contributed by atoms with E-state index in [4.69, 9.17) is 11.6 Å². The molecular formula is C19H13ClN4O. The van der Waals surface area contributed by atoms with Crippen molar-refractivity contribution < 1.29 is 0 Å². The molecule has 0 aliphatic heterocycles. The molecule has 122 valence electrons. The monoisotopic (exact) mass is 348 g/mol. The number of hydrogen-bond acceptors (Lipinski definition) is 3. The molecule has 25 heavy (non-hydrogen) atoms. The van der Waals surface area contributed by atoms with Gasteiger partial charge in [0.2, 0.25) is 0 Å². The second kappa shape index (κ2) is 6.37. The zero-order valence-corrected chi connectivity index (χ0v) is 13.8. The maximum atomic E-state index is 12.1. The fraction of sp³-hybridized carbons (Fsp3) is 0. The topological polar surface area (TPSA) is 74.4 Å². The standard InChI is InChI=1S/C19H13ClN4O/c20-15(18-23-16-9-5-4-8-14(16)19(25)24-18)10-13-11-21-17(22-13)12-6-2-1-3-7-12/h1-11H,(H,21,22)(H,23,24,25). The molecular weight excluding hydrogens is 336 g/mol. The Morgan fingerprint density at radius 3 is 2.60 bits per heavy atom. The summed E-state index contributed by atoms with van der Waals surface area (Å²) in [6, 6.07) is 16.9. The lowest BCUT2D eigenvalue weighted by Crippen LogP contribution is -2.10. The Labute approximate surface area is 148 Å². The first-order chi connectivity index (χ1) is 12.2. The van der Waals surface area contributed by atoms with Gasteiger partial charge in [-0.2, -0.15) is 0 Å². The van der Waals surface area contributed by atoms with Gasteiger partial charge in [-0.1, -0.05) is 54.1 Å². The molecule has 0 unspecified atom stereocenters. The molecule has 0 atom stereocenters. The summed E-state index contributed by atoms with van der Waals surface area (Å²) in [5, 5.41) is 0.856. The van der Waals surface area contributed by atoms with Gasteiger partial charge in [0.15, 0.2) is 5.82 Å². The number of imidazole rings is 1. The number of fused-ring (bicyclic) bond motifs is 1. The Bertz CT molecular complexity index is 1130. The van der Waals surface area contributed by atoms with E-state index in [2.05, 4.69) is 19.9 Å². The highest BCUT2D eigenvalue weighted by molar-refractivity contribution is 6.50. The smallest absolute Gasteiger partial charge is 0.259 e. The fourth-order valence-electron chi connectivity index (χ4n) is 2.56. The molecule has 0 aliphatic rings. The second-order valence-corrected chi connectivity index (χ2v) is 5.88. The van der Waals surface area contributed by atoms with Crippen LogP contribution in [0.2, 0.25) is 0 Å². The average molecular weight is 349 g/mol. The number of rotatable bonds is 3. The summed E-state index contributed by atoms with van der Waals surface area (Å²) < 4.78 is 0. The number of para-hydroxylation sites is 1. The minimum absolute atomic E-state index is 0.221. The van der Waals surface area contributed by atoms with Crippen LogP contribution in [0, 0.1) is 0 Å². The molecule has 0 spiro atoms. The summed E-state index contributed by atoms with van der Waals surface area (Å²) in [5.41, 5.74) is 2.08. The third-order valence-electron chi connectivity index (χ3n) is 3.76. The highest BCUT2D eigenvalue weighted by Crippen LogP contribution is 2.21. The SMILES string of the molecule is O=c1[nH]c(C(Cl)=Cc2cnc(-c3ccccc3)[nH]2)nc2ccccc12. The van der Waals surface area contributed by atoms with E-state index in [1.54, 1.807) is 30.5 Å². The van der Waals surface area contributed by atoms with Crippen LogP contribution in [-0.4, -0.2) is 19.9 Å². The first-order valence-corrected chi connectivity index (χ1v) is 8.05. The van der Waals surface area contributed by atoms with Crippen LogP contribution < -0.4 is 5.56 Å². The van der Waals surface area contributed by atoms with Crippen molar-refractivity contribution in [1.29, 1.82) is 0 Å². The van der Waals surface area contributed by atoms with Gasteiger partial charge >= 0.3 is 0 Å². The first-order valence-electron chi connectivity index (χ1n) is 7.68. The van der Waals surface area contributed by atoms with E-state index in [-0.39, 0.29) is 5.56 Å². The van der Waals surface area contributed by atoms with E-state index in [9.17, 15) is 4.79 Å². The summed E-state index contributed by atoms with van der Waals surface area (Å²) in [6.07, 6.45) is 3.37. The Morgan fingerprint density at radius 1 is 1.00 bits per heavy atom. The first kappa shape index (κ1) is 15.4. The Balaban J connectivity index is 1.70. The zero-order valence-electron chi connectivity index (χ0n) is 13.0. The van der Waals surface area contributed by atoms with Crippen LogP contribution in [0.4, 0.5) is 0 Å². The lowest BCUT2D eigenvalue weighted by Gasteiger charge is -2.01. The predicted molar refractivity (Wildman–Crippen MR) is 100 cm³/mol. The average Bonchev–Trinajstić information content (AvgIpc) is 3.11. The van der Waals surface area contributed by atoms with E-state index >= 15 is 0 Å². The summed E-state index contributed by atoms with van der Waals surface area (Å²) in [5.74, 6) is 1.07. The number of hydrogen-bond donors (Lipinski definition) is 2. The third-order valence-corrected chi connectivity index (χ3v) is 4.05. The summed E-state index contributed by atoms with van der Waals surface area (Å²) in [6.45, 7) is 0. The van der Waals surface area contributed by atoms with Gasteiger partial charge in [-0.05, 0) is 18.2 Å².